The van der Waals surface area contributed by atoms with E-state index in [-0.39, 0.29) is 16.9 Å². The van der Waals surface area contributed by atoms with E-state index in [0.717, 1.165) is 30.9 Å². The van der Waals surface area contributed by atoms with Gasteiger partial charge in [0.1, 0.15) is 17.2 Å². The summed E-state index contributed by atoms with van der Waals surface area (Å²) < 4.78 is 6.43. The Labute approximate surface area is 190 Å². The van der Waals surface area contributed by atoms with Gasteiger partial charge in [0, 0.05) is 18.5 Å². The second-order valence-corrected chi connectivity index (χ2v) is 12.4. The molecule has 0 aliphatic heterocycles. The summed E-state index contributed by atoms with van der Waals surface area (Å²) in [6.07, 6.45) is 4.09. The molecule has 2 rings (SSSR count). The van der Waals surface area contributed by atoms with Crippen molar-refractivity contribution in [3.05, 3.63) is 71.8 Å². The number of likely N-dealkylation sites (N-methyl/N-ethyl adjacent to an activating group) is 1. The van der Waals surface area contributed by atoms with E-state index in [1.165, 1.54) is 5.56 Å². The molecule has 4 heteroatoms. The molecule has 0 amide bonds. The van der Waals surface area contributed by atoms with Crippen molar-refractivity contribution in [1.29, 1.82) is 0 Å². The molecule has 0 spiro atoms. The van der Waals surface area contributed by atoms with Gasteiger partial charge in [-0.15, -0.1) is 0 Å². The van der Waals surface area contributed by atoms with Crippen molar-refractivity contribution in [3.8, 4) is 23.3 Å². The summed E-state index contributed by atoms with van der Waals surface area (Å²) in [4.78, 5) is 2.38. The summed E-state index contributed by atoms with van der Waals surface area (Å²) in [6.45, 7) is 15.8. The molecule has 2 aromatic rings. The number of ether oxygens (including phenoxy) is 1. The maximum Gasteiger partial charge on any atom is 0.120 e. The Hall–Kier alpha value is -2.48. The van der Waals surface area contributed by atoms with Gasteiger partial charge in [0.25, 0.3) is 0 Å². The SMILES string of the molecule is CCN(C/C=C/C#CC(C)(C)C)Cc1cccc(OC(c2ccc(O)cc2)[SiH](C)C)c1. The third kappa shape index (κ3) is 9.04. The number of hydrogen-bond donors (Lipinski definition) is 1. The lowest BCUT2D eigenvalue weighted by atomic mass is 9.98. The lowest BCUT2D eigenvalue weighted by molar-refractivity contribution is 0.278. The molecule has 0 aliphatic rings. The van der Waals surface area contributed by atoms with Gasteiger partial charge in [-0.05, 0) is 68.8 Å². The van der Waals surface area contributed by atoms with Crippen molar-refractivity contribution in [2.24, 2.45) is 5.41 Å². The first-order chi connectivity index (χ1) is 14.7. The van der Waals surface area contributed by atoms with Crippen LogP contribution in [0.2, 0.25) is 13.1 Å². The van der Waals surface area contributed by atoms with Crippen molar-refractivity contribution in [1.82, 2.24) is 4.90 Å². The van der Waals surface area contributed by atoms with Crippen LogP contribution in [0, 0.1) is 17.3 Å². The molecule has 0 fully saturated rings. The average molecular weight is 436 g/mol. The highest BCUT2D eigenvalue weighted by Gasteiger charge is 2.19. The Bertz CT molecular complexity index is 901. The topological polar surface area (TPSA) is 32.7 Å². The van der Waals surface area contributed by atoms with E-state index in [4.69, 9.17) is 4.74 Å². The minimum Gasteiger partial charge on any atom is -0.508 e. The van der Waals surface area contributed by atoms with Crippen LogP contribution in [0.1, 0.15) is 44.5 Å². The molecule has 0 bridgehead atoms. The largest absolute Gasteiger partial charge is 0.508 e. The Morgan fingerprint density at radius 1 is 1.13 bits per heavy atom. The number of phenolic OH excluding ortho intramolecular Hbond substituents is 1. The van der Waals surface area contributed by atoms with Gasteiger partial charge in [-0.3, -0.25) is 4.90 Å². The number of allylic oxidation sites excluding steroid dienone is 1. The van der Waals surface area contributed by atoms with E-state index < -0.39 is 8.80 Å². The predicted molar refractivity (Wildman–Crippen MR) is 134 cm³/mol. The fourth-order valence-corrected chi connectivity index (χ4v) is 4.62. The second-order valence-electron chi connectivity index (χ2n) is 9.27. The quantitative estimate of drug-likeness (QED) is 0.389. The number of nitrogens with zero attached hydrogens (tertiary/aromatic N) is 1. The standard InChI is InChI=1S/C27H37NO2Si/c1-7-28(19-10-8-9-18-27(2,3)4)21-22-12-11-13-25(20-22)30-26(31(5)6)23-14-16-24(29)17-15-23/h8,10-17,20,26,29,31H,7,19,21H2,1-6H3/b10-8+. The highest BCUT2D eigenvalue weighted by molar-refractivity contribution is 6.57. The van der Waals surface area contributed by atoms with Crippen LogP contribution < -0.4 is 4.74 Å². The summed E-state index contributed by atoms with van der Waals surface area (Å²) in [7, 11) is -1.12. The minimum absolute atomic E-state index is 0.0338. The van der Waals surface area contributed by atoms with Crippen molar-refractivity contribution >= 4 is 8.80 Å². The van der Waals surface area contributed by atoms with Crippen LogP contribution in [-0.4, -0.2) is 31.9 Å². The number of aromatic hydroxyl groups is 1. The van der Waals surface area contributed by atoms with E-state index in [0.29, 0.717) is 0 Å². The maximum atomic E-state index is 9.59. The van der Waals surface area contributed by atoms with Gasteiger partial charge in [-0.25, -0.2) is 0 Å². The van der Waals surface area contributed by atoms with Gasteiger partial charge in [-0.1, -0.05) is 62.2 Å². The molecule has 0 aromatic heterocycles. The molecule has 0 radical (unpaired) electrons. The summed E-state index contributed by atoms with van der Waals surface area (Å²) in [5, 5.41) is 9.59. The van der Waals surface area contributed by atoms with Crippen LogP contribution in [0.5, 0.6) is 11.5 Å². The number of benzene rings is 2. The van der Waals surface area contributed by atoms with Crippen molar-refractivity contribution in [3.63, 3.8) is 0 Å². The molecule has 1 N–H and O–H groups in total. The van der Waals surface area contributed by atoms with Gasteiger partial charge in [-0.2, -0.15) is 0 Å². The van der Waals surface area contributed by atoms with Crippen LogP contribution in [-0.2, 0) is 6.54 Å². The predicted octanol–water partition coefficient (Wildman–Crippen LogP) is 5.97. The maximum absolute atomic E-state index is 9.59. The summed E-state index contributed by atoms with van der Waals surface area (Å²) >= 11 is 0. The molecule has 0 aliphatic carbocycles. The third-order valence-corrected chi connectivity index (χ3v) is 6.59. The molecule has 0 heterocycles. The lowest BCUT2D eigenvalue weighted by Gasteiger charge is -2.24. The zero-order chi connectivity index (χ0) is 22.9. The Kier molecular flexibility index (Phi) is 9.42. The molecule has 1 atom stereocenters. The second kappa shape index (κ2) is 11.8. The summed E-state index contributed by atoms with van der Waals surface area (Å²) in [5.41, 5.74) is 2.47. The average Bonchev–Trinajstić information content (AvgIpc) is 2.71. The monoisotopic (exact) mass is 435 g/mol. The van der Waals surface area contributed by atoms with Gasteiger partial charge < -0.3 is 9.84 Å². The zero-order valence-electron chi connectivity index (χ0n) is 19.9. The zero-order valence-corrected chi connectivity index (χ0v) is 21.0. The first kappa shape index (κ1) is 24.8. The van der Waals surface area contributed by atoms with Gasteiger partial charge in [0.05, 0.1) is 8.80 Å². The van der Waals surface area contributed by atoms with E-state index in [9.17, 15) is 5.11 Å². The molecule has 1 unspecified atom stereocenters. The Balaban J connectivity index is 2.04. The van der Waals surface area contributed by atoms with Crippen LogP contribution >= 0.6 is 0 Å². The molecule has 2 aromatic carbocycles. The summed E-state index contributed by atoms with van der Waals surface area (Å²) in [6, 6.07) is 15.8. The van der Waals surface area contributed by atoms with Gasteiger partial charge in [0.15, 0.2) is 0 Å². The van der Waals surface area contributed by atoms with E-state index in [2.05, 4.69) is 81.8 Å². The highest BCUT2D eigenvalue weighted by Crippen LogP contribution is 2.26. The first-order valence-corrected chi connectivity index (χ1v) is 14.1. The number of hydrogen-bond acceptors (Lipinski definition) is 3. The molecular formula is C27H37NO2Si. The normalized spacial score (nSPS) is 12.8. The molecule has 0 saturated heterocycles. The molecular weight excluding hydrogens is 398 g/mol. The van der Waals surface area contributed by atoms with Crippen molar-refractivity contribution < 1.29 is 9.84 Å². The number of rotatable bonds is 9. The molecule has 31 heavy (non-hydrogen) atoms. The third-order valence-electron chi connectivity index (χ3n) is 4.85. The first-order valence-electron chi connectivity index (χ1n) is 11.1. The van der Waals surface area contributed by atoms with Crippen molar-refractivity contribution in [2.45, 2.75) is 53.1 Å². The van der Waals surface area contributed by atoms with Gasteiger partial charge in [0.2, 0.25) is 0 Å². The van der Waals surface area contributed by atoms with Gasteiger partial charge >= 0.3 is 0 Å². The highest BCUT2D eigenvalue weighted by atomic mass is 28.3. The fourth-order valence-electron chi connectivity index (χ4n) is 3.20. The molecule has 3 nitrogen and oxygen atoms in total. The summed E-state index contributed by atoms with van der Waals surface area (Å²) in [5.74, 6) is 7.56. The molecule has 0 saturated carbocycles. The van der Waals surface area contributed by atoms with E-state index in [1.54, 1.807) is 12.1 Å². The van der Waals surface area contributed by atoms with E-state index in [1.807, 2.05) is 24.3 Å². The van der Waals surface area contributed by atoms with E-state index >= 15 is 0 Å². The van der Waals surface area contributed by atoms with Crippen LogP contribution in [0.15, 0.2) is 60.7 Å². The smallest absolute Gasteiger partial charge is 0.120 e. The van der Waals surface area contributed by atoms with Crippen molar-refractivity contribution in [2.75, 3.05) is 13.1 Å². The number of phenols is 1. The Morgan fingerprint density at radius 2 is 1.84 bits per heavy atom. The minimum atomic E-state index is -1.12. The fraction of sp³-hybridized carbons (Fsp3) is 0.407. The van der Waals surface area contributed by atoms with Crippen LogP contribution in [0.3, 0.4) is 0 Å². The Morgan fingerprint density at radius 3 is 2.45 bits per heavy atom. The van der Waals surface area contributed by atoms with Crippen LogP contribution in [0.4, 0.5) is 0 Å². The lowest BCUT2D eigenvalue weighted by Crippen LogP contribution is -2.23. The molecule has 166 valence electrons. The van der Waals surface area contributed by atoms with Crippen LogP contribution in [0.25, 0.3) is 0 Å².